The quantitative estimate of drug-likeness (QED) is 0.732. The molecule has 2 rings (SSSR count). The molecule has 2 aliphatic rings. The summed E-state index contributed by atoms with van der Waals surface area (Å²) < 4.78 is 0. The fourth-order valence-electron chi connectivity index (χ4n) is 2.63. The summed E-state index contributed by atoms with van der Waals surface area (Å²) in [5.74, 6) is -0.178. The van der Waals surface area contributed by atoms with Gasteiger partial charge in [0, 0.05) is 36.6 Å². The number of rotatable bonds is 1. The van der Waals surface area contributed by atoms with Gasteiger partial charge in [0.05, 0.1) is 6.10 Å². The standard InChI is InChI=1S/C12H20N2O4S/c1-7-8(2)19-4-3-13(7)12(18)14-6-9(15)5-10(14)11(16)17/h7-10,15H,3-6H2,1-2H3,(H,16,17)/t7?,8?,9?,10-/m0/s1. The molecular weight excluding hydrogens is 268 g/mol. The number of aliphatic hydroxyl groups excluding tert-OH is 1. The van der Waals surface area contributed by atoms with Gasteiger partial charge in [0.1, 0.15) is 6.04 Å². The lowest BCUT2D eigenvalue weighted by Gasteiger charge is -2.40. The Kier molecular flexibility index (Phi) is 4.25. The fraction of sp³-hybridized carbons (Fsp3) is 0.833. The van der Waals surface area contributed by atoms with Crippen LogP contribution in [0, 0.1) is 0 Å². The molecule has 2 heterocycles. The number of aliphatic carboxylic acids is 1. The molecule has 2 N–H and O–H groups in total. The number of likely N-dealkylation sites (tertiary alicyclic amines) is 1. The summed E-state index contributed by atoms with van der Waals surface area (Å²) in [5, 5.41) is 19.1. The molecule has 6 nitrogen and oxygen atoms in total. The lowest BCUT2D eigenvalue weighted by molar-refractivity contribution is -0.141. The van der Waals surface area contributed by atoms with Gasteiger partial charge >= 0.3 is 12.0 Å². The van der Waals surface area contributed by atoms with Crippen molar-refractivity contribution in [2.24, 2.45) is 0 Å². The SMILES string of the molecule is CC1SCCN(C(=O)N2CC(O)C[C@H]2C(=O)O)C1C. The van der Waals surface area contributed by atoms with E-state index in [0.29, 0.717) is 11.8 Å². The first-order chi connectivity index (χ1) is 8.91. The Morgan fingerprint density at radius 1 is 1.26 bits per heavy atom. The maximum Gasteiger partial charge on any atom is 0.326 e. The Bertz CT molecular complexity index is 379. The molecule has 0 saturated carbocycles. The summed E-state index contributed by atoms with van der Waals surface area (Å²) in [6.45, 7) is 4.80. The van der Waals surface area contributed by atoms with Gasteiger partial charge in [0.2, 0.25) is 0 Å². The van der Waals surface area contributed by atoms with Crippen molar-refractivity contribution in [2.45, 2.75) is 43.7 Å². The molecule has 2 fully saturated rings. The van der Waals surface area contributed by atoms with Gasteiger partial charge in [-0.15, -0.1) is 0 Å². The highest BCUT2D eigenvalue weighted by Gasteiger charge is 2.42. The number of carbonyl (C=O) groups excluding carboxylic acids is 1. The molecule has 4 atom stereocenters. The number of amides is 2. The summed E-state index contributed by atoms with van der Waals surface area (Å²) >= 11 is 1.82. The predicted octanol–water partition coefficient (Wildman–Crippen LogP) is 0.452. The van der Waals surface area contributed by atoms with Crippen molar-refractivity contribution in [2.75, 3.05) is 18.8 Å². The van der Waals surface area contributed by atoms with E-state index < -0.39 is 18.1 Å². The average molecular weight is 288 g/mol. The number of carboxylic acid groups (broad SMARTS) is 1. The molecule has 0 aliphatic carbocycles. The third-order valence-electron chi connectivity index (χ3n) is 3.94. The minimum Gasteiger partial charge on any atom is -0.480 e. The second-order valence-corrected chi connectivity index (χ2v) is 6.67. The minimum atomic E-state index is -1.04. The topological polar surface area (TPSA) is 81.1 Å². The second-order valence-electron chi connectivity index (χ2n) is 5.19. The molecule has 0 bridgehead atoms. The Balaban J connectivity index is 2.11. The van der Waals surface area contributed by atoms with E-state index in [-0.39, 0.29) is 25.0 Å². The normalized spacial score (nSPS) is 35.5. The van der Waals surface area contributed by atoms with Gasteiger partial charge in [0.25, 0.3) is 0 Å². The Hall–Kier alpha value is -0.950. The third kappa shape index (κ3) is 2.81. The van der Waals surface area contributed by atoms with E-state index in [1.54, 1.807) is 4.90 Å². The lowest BCUT2D eigenvalue weighted by Crippen LogP contribution is -2.55. The zero-order valence-electron chi connectivity index (χ0n) is 11.2. The van der Waals surface area contributed by atoms with Crippen LogP contribution in [0.4, 0.5) is 4.79 Å². The van der Waals surface area contributed by atoms with Crippen LogP contribution in [0.25, 0.3) is 0 Å². The van der Waals surface area contributed by atoms with E-state index in [0.717, 1.165) is 5.75 Å². The van der Waals surface area contributed by atoms with Gasteiger partial charge in [-0.25, -0.2) is 9.59 Å². The number of urea groups is 1. The number of aliphatic hydroxyl groups is 1. The number of β-amino-alcohol motifs (C(OH)–C–C–N with tert-alkyl or cyclic N) is 1. The highest BCUT2D eigenvalue weighted by Crippen LogP contribution is 2.27. The van der Waals surface area contributed by atoms with Crippen molar-refractivity contribution >= 4 is 23.8 Å². The Morgan fingerprint density at radius 3 is 2.58 bits per heavy atom. The summed E-state index contributed by atoms with van der Waals surface area (Å²) in [7, 11) is 0. The maximum atomic E-state index is 12.5. The van der Waals surface area contributed by atoms with Crippen LogP contribution in [-0.4, -0.2) is 74.3 Å². The van der Waals surface area contributed by atoms with Crippen LogP contribution >= 0.6 is 11.8 Å². The van der Waals surface area contributed by atoms with Crippen LogP contribution in [0.2, 0.25) is 0 Å². The molecule has 7 heteroatoms. The summed E-state index contributed by atoms with van der Waals surface area (Å²) in [6.07, 6.45) is -0.620. The zero-order chi connectivity index (χ0) is 14.2. The van der Waals surface area contributed by atoms with Crippen LogP contribution in [0.3, 0.4) is 0 Å². The molecule has 0 aromatic heterocycles. The molecule has 0 aromatic carbocycles. The zero-order valence-corrected chi connectivity index (χ0v) is 12.0. The Labute approximate surface area is 116 Å². The van der Waals surface area contributed by atoms with Gasteiger partial charge in [-0.05, 0) is 6.92 Å². The van der Waals surface area contributed by atoms with E-state index in [9.17, 15) is 14.7 Å². The molecule has 3 unspecified atom stereocenters. The predicted molar refractivity (Wildman–Crippen MR) is 72.2 cm³/mol. The fourth-order valence-corrected chi connectivity index (χ4v) is 3.73. The largest absolute Gasteiger partial charge is 0.480 e. The number of nitrogens with zero attached hydrogens (tertiary/aromatic N) is 2. The van der Waals surface area contributed by atoms with Crippen molar-refractivity contribution in [1.82, 2.24) is 9.80 Å². The molecule has 0 aromatic rings. The highest BCUT2D eigenvalue weighted by molar-refractivity contribution is 8.00. The first kappa shape index (κ1) is 14.5. The van der Waals surface area contributed by atoms with E-state index >= 15 is 0 Å². The van der Waals surface area contributed by atoms with Crippen molar-refractivity contribution in [3.63, 3.8) is 0 Å². The molecule has 0 radical (unpaired) electrons. The summed E-state index contributed by atoms with van der Waals surface area (Å²) in [5.41, 5.74) is 0. The molecule has 2 aliphatic heterocycles. The van der Waals surface area contributed by atoms with Crippen LogP contribution in [0.5, 0.6) is 0 Å². The molecule has 2 saturated heterocycles. The number of carboxylic acids is 1. The number of hydrogen-bond donors (Lipinski definition) is 2. The van der Waals surface area contributed by atoms with E-state index in [4.69, 9.17) is 5.11 Å². The van der Waals surface area contributed by atoms with Gasteiger partial charge < -0.3 is 20.0 Å². The van der Waals surface area contributed by atoms with E-state index in [1.807, 2.05) is 18.7 Å². The van der Waals surface area contributed by atoms with Crippen LogP contribution in [0.15, 0.2) is 0 Å². The number of carbonyl (C=O) groups is 2. The second kappa shape index (κ2) is 5.58. The van der Waals surface area contributed by atoms with E-state index in [1.165, 1.54) is 4.90 Å². The number of thioether (sulfide) groups is 1. The molecule has 108 valence electrons. The molecule has 19 heavy (non-hydrogen) atoms. The molecule has 0 spiro atoms. The average Bonchev–Trinajstić information content (AvgIpc) is 2.74. The highest BCUT2D eigenvalue weighted by atomic mass is 32.2. The van der Waals surface area contributed by atoms with Gasteiger partial charge in [-0.3, -0.25) is 0 Å². The van der Waals surface area contributed by atoms with Crippen molar-refractivity contribution < 1.29 is 19.8 Å². The molecular formula is C12H20N2O4S. The van der Waals surface area contributed by atoms with Crippen LogP contribution < -0.4 is 0 Å². The minimum absolute atomic E-state index is 0.0819. The van der Waals surface area contributed by atoms with E-state index in [2.05, 4.69) is 6.92 Å². The first-order valence-electron chi connectivity index (χ1n) is 6.51. The smallest absolute Gasteiger partial charge is 0.326 e. The van der Waals surface area contributed by atoms with Crippen LogP contribution in [0.1, 0.15) is 20.3 Å². The van der Waals surface area contributed by atoms with Crippen LogP contribution in [-0.2, 0) is 4.79 Å². The monoisotopic (exact) mass is 288 g/mol. The summed E-state index contributed by atoms with van der Waals surface area (Å²) in [4.78, 5) is 26.7. The number of hydrogen-bond acceptors (Lipinski definition) is 4. The molecule has 2 amide bonds. The van der Waals surface area contributed by atoms with Gasteiger partial charge in [0.15, 0.2) is 0 Å². The third-order valence-corrected chi connectivity index (χ3v) is 5.28. The Morgan fingerprint density at radius 2 is 1.95 bits per heavy atom. The van der Waals surface area contributed by atoms with Crippen molar-refractivity contribution in [3.8, 4) is 0 Å². The van der Waals surface area contributed by atoms with Crippen molar-refractivity contribution in [3.05, 3.63) is 0 Å². The van der Waals surface area contributed by atoms with Gasteiger partial charge in [-0.2, -0.15) is 11.8 Å². The first-order valence-corrected chi connectivity index (χ1v) is 7.56. The van der Waals surface area contributed by atoms with Gasteiger partial charge in [-0.1, -0.05) is 6.92 Å². The lowest BCUT2D eigenvalue weighted by atomic mass is 10.2. The van der Waals surface area contributed by atoms with Crippen molar-refractivity contribution in [1.29, 1.82) is 0 Å². The summed E-state index contributed by atoms with van der Waals surface area (Å²) in [6, 6.07) is -1.08. The maximum absolute atomic E-state index is 12.5.